The van der Waals surface area contributed by atoms with Gasteiger partial charge in [-0.15, -0.1) is 11.3 Å². The Morgan fingerprint density at radius 1 is 1.73 bits per heavy atom. The molecular weight excluding hydrogens is 208 g/mol. The molecule has 1 saturated heterocycles. The molecule has 4 heteroatoms. The van der Waals surface area contributed by atoms with Crippen molar-refractivity contribution in [2.24, 2.45) is 5.73 Å². The standard InChI is InChI=1S/C11H18N2OS/c1-9-8-14-5-4-13(9)7-10(12)11-3-2-6-15-11/h2-3,6,9-10H,4-5,7-8,12H2,1H3. The van der Waals surface area contributed by atoms with Gasteiger partial charge in [0, 0.05) is 24.0 Å². The summed E-state index contributed by atoms with van der Waals surface area (Å²) >= 11 is 1.74. The van der Waals surface area contributed by atoms with Crippen molar-refractivity contribution in [2.75, 3.05) is 26.3 Å². The Hall–Kier alpha value is -0.420. The molecule has 0 bridgehead atoms. The molecule has 0 saturated carbocycles. The van der Waals surface area contributed by atoms with Gasteiger partial charge in [0.1, 0.15) is 0 Å². The van der Waals surface area contributed by atoms with Gasteiger partial charge in [-0.1, -0.05) is 6.07 Å². The van der Waals surface area contributed by atoms with E-state index in [1.165, 1.54) is 4.88 Å². The SMILES string of the molecule is CC1COCCN1CC(N)c1cccs1. The van der Waals surface area contributed by atoms with Crippen LogP contribution in [0.3, 0.4) is 0 Å². The topological polar surface area (TPSA) is 38.5 Å². The van der Waals surface area contributed by atoms with Gasteiger partial charge in [0.15, 0.2) is 0 Å². The first-order chi connectivity index (χ1) is 7.27. The van der Waals surface area contributed by atoms with E-state index in [4.69, 9.17) is 10.5 Å². The van der Waals surface area contributed by atoms with Gasteiger partial charge in [-0.2, -0.15) is 0 Å². The van der Waals surface area contributed by atoms with E-state index in [-0.39, 0.29) is 6.04 Å². The van der Waals surface area contributed by atoms with Gasteiger partial charge in [0.25, 0.3) is 0 Å². The van der Waals surface area contributed by atoms with E-state index in [0.717, 1.165) is 26.3 Å². The van der Waals surface area contributed by atoms with Crippen LogP contribution in [-0.4, -0.2) is 37.2 Å². The second-order valence-electron chi connectivity index (χ2n) is 4.04. The fourth-order valence-corrected chi connectivity index (χ4v) is 2.60. The Bertz CT molecular complexity index is 289. The predicted molar refractivity (Wildman–Crippen MR) is 63.1 cm³/mol. The molecule has 15 heavy (non-hydrogen) atoms. The molecule has 2 unspecified atom stereocenters. The first kappa shape index (κ1) is 11.1. The van der Waals surface area contributed by atoms with Crippen molar-refractivity contribution in [3.05, 3.63) is 22.4 Å². The van der Waals surface area contributed by atoms with Crippen LogP contribution >= 0.6 is 11.3 Å². The third-order valence-corrected chi connectivity index (χ3v) is 3.85. The number of rotatable bonds is 3. The van der Waals surface area contributed by atoms with Crippen molar-refractivity contribution in [1.29, 1.82) is 0 Å². The number of morpholine rings is 1. The maximum Gasteiger partial charge on any atom is 0.0619 e. The molecule has 0 aromatic carbocycles. The summed E-state index contributed by atoms with van der Waals surface area (Å²) in [4.78, 5) is 3.68. The predicted octanol–water partition coefficient (Wildman–Crippen LogP) is 1.47. The molecule has 0 aliphatic carbocycles. The van der Waals surface area contributed by atoms with Gasteiger partial charge < -0.3 is 10.5 Å². The Morgan fingerprint density at radius 2 is 2.60 bits per heavy atom. The van der Waals surface area contributed by atoms with Crippen LogP contribution in [0.15, 0.2) is 17.5 Å². The van der Waals surface area contributed by atoms with Crippen LogP contribution in [0.25, 0.3) is 0 Å². The largest absolute Gasteiger partial charge is 0.379 e. The molecule has 1 aliphatic heterocycles. The van der Waals surface area contributed by atoms with Gasteiger partial charge in [0.05, 0.1) is 19.3 Å². The lowest BCUT2D eigenvalue weighted by Crippen LogP contribution is -2.46. The molecule has 3 nitrogen and oxygen atoms in total. The normalized spacial score (nSPS) is 25.3. The highest BCUT2D eigenvalue weighted by atomic mass is 32.1. The molecule has 2 N–H and O–H groups in total. The molecule has 84 valence electrons. The van der Waals surface area contributed by atoms with E-state index in [1.807, 2.05) is 0 Å². The first-order valence-corrected chi connectivity index (χ1v) is 6.26. The van der Waals surface area contributed by atoms with E-state index in [2.05, 4.69) is 29.3 Å². The van der Waals surface area contributed by atoms with E-state index >= 15 is 0 Å². The number of hydrogen-bond donors (Lipinski definition) is 1. The summed E-state index contributed by atoms with van der Waals surface area (Å²) in [7, 11) is 0. The summed E-state index contributed by atoms with van der Waals surface area (Å²) in [5.41, 5.74) is 6.16. The molecule has 0 amide bonds. The highest BCUT2D eigenvalue weighted by molar-refractivity contribution is 7.10. The molecular formula is C11H18N2OS. The Morgan fingerprint density at radius 3 is 3.27 bits per heavy atom. The van der Waals surface area contributed by atoms with Crippen LogP contribution < -0.4 is 5.73 Å². The van der Waals surface area contributed by atoms with Gasteiger partial charge in [-0.25, -0.2) is 0 Å². The van der Waals surface area contributed by atoms with E-state index in [0.29, 0.717) is 6.04 Å². The molecule has 2 rings (SSSR count). The maximum absolute atomic E-state index is 6.16. The minimum Gasteiger partial charge on any atom is -0.379 e. The second kappa shape index (κ2) is 5.07. The molecule has 1 aromatic heterocycles. The van der Waals surface area contributed by atoms with Crippen LogP contribution in [0.4, 0.5) is 0 Å². The van der Waals surface area contributed by atoms with Gasteiger partial charge >= 0.3 is 0 Å². The molecule has 2 heterocycles. The third kappa shape index (κ3) is 2.78. The number of ether oxygens (including phenoxy) is 1. The van der Waals surface area contributed by atoms with Crippen molar-refractivity contribution in [1.82, 2.24) is 4.90 Å². The van der Waals surface area contributed by atoms with Crippen molar-refractivity contribution < 1.29 is 4.74 Å². The van der Waals surface area contributed by atoms with Gasteiger partial charge in [-0.3, -0.25) is 4.90 Å². The molecule has 1 fully saturated rings. The van der Waals surface area contributed by atoms with Gasteiger partial charge in [-0.05, 0) is 18.4 Å². The average Bonchev–Trinajstić information content (AvgIpc) is 2.74. The lowest BCUT2D eigenvalue weighted by atomic mass is 10.2. The van der Waals surface area contributed by atoms with E-state index in [1.54, 1.807) is 11.3 Å². The summed E-state index contributed by atoms with van der Waals surface area (Å²) < 4.78 is 5.40. The zero-order valence-corrected chi connectivity index (χ0v) is 9.87. The smallest absolute Gasteiger partial charge is 0.0619 e. The van der Waals surface area contributed by atoms with Crippen molar-refractivity contribution >= 4 is 11.3 Å². The molecule has 0 spiro atoms. The third-order valence-electron chi connectivity index (χ3n) is 2.85. The summed E-state index contributed by atoms with van der Waals surface area (Å²) in [5.74, 6) is 0. The molecule has 2 atom stereocenters. The number of hydrogen-bond acceptors (Lipinski definition) is 4. The zero-order chi connectivity index (χ0) is 10.7. The molecule has 1 aromatic rings. The quantitative estimate of drug-likeness (QED) is 0.848. The maximum atomic E-state index is 6.16. The van der Waals surface area contributed by atoms with Crippen molar-refractivity contribution in [2.45, 2.75) is 19.0 Å². The Labute approximate surface area is 94.8 Å². The molecule has 0 radical (unpaired) electrons. The van der Waals surface area contributed by atoms with Crippen LogP contribution in [0.2, 0.25) is 0 Å². The lowest BCUT2D eigenvalue weighted by molar-refractivity contribution is -0.00267. The van der Waals surface area contributed by atoms with Crippen LogP contribution in [0.1, 0.15) is 17.8 Å². The average molecular weight is 226 g/mol. The minimum atomic E-state index is 0.144. The summed E-state index contributed by atoms with van der Waals surface area (Å²) in [6, 6.07) is 4.80. The van der Waals surface area contributed by atoms with Crippen LogP contribution in [-0.2, 0) is 4.74 Å². The number of nitrogens with two attached hydrogens (primary N) is 1. The first-order valence-electron chi connectivity index (χ1n) is 5.38. The number of thiophene rings is 1. The Balaban J connectivity index is 1.90. The van der Waals surface area contributed by atoms with E-state index in [9.17, 15) is 0 Å². The van der Waals surface area contributed by atoms with Gasteiger partial charge in [0.2, 0.25) is 0 Å². The summed E-state index contributed by atoms with van der Waals surface area (Å²) in [6.45, 7) is 5.80. The summed E-state index contributed by atoms with van der Waals surface area (Å²) in [5, 5.41) is 2.08. The van der Waals surface area contributed by atoms with Crippen LogP contribution in [0.5, 0.6) is 0 Å². The fourth-order valence-electron chi connectivity index (χ4n) is 1.88. The van der Waals surface area contributed by atoms with Crippen molar-refractivity contribution in [3.8, 4) is 0 Å². The monoisotopic (exact) mass is 226 g/mol. The zero-order valence-electron chi connectivity index (χ0n) is 9.06. The Kier molecular flexibility index (Phi) is 3.75. The fraction of sp³-hybridized carbons (Fsp3) is 0.636. The van der Waals surface area contributed by atoms with Crippen LogP contribution in [0, 0.1) is 0 Å². The highest BCUT2D eigenvalue weighted by Crippen LogP contribution is 2.19. The van der Waals surface area contributed by atoms with Crippen molar-refractivity contribution in [3.63, 3.8) is 0 Å². The minimum absolute atomic E-state index is 0.144. The second-order valence-corrected chi connectivity index (χ2v) is 5.02. The lowest BCUT2D eigenvalue weighted by Gasteiger charge is -2.34. The van der Waals surface area contributed by atoms with E-state index < -0.39 is 0 Å². The highest BCUT2D eigenvalue weighted by Gasteiger charge is 2.21. The molecule has 1 aliphatic rings. The number of nitrogens with zero attached hydrogens (tertiary/aromatic N) is 1. The summed E-state index contributed by atoms with van der Waals surface area (Å²) in [6.07, 6.45) is 0.